The lowest BCUT2D eigenvalue weighted by atomic mass is 9.83. The molecule has 6 rings (SSSR count). The van der Waals surface area contributed by atoms with Crippen molar-refractivity contribution in [2.24, 2.45) is 5.73 Å². The summed E-state index contributed by atoms with van der Waals surface area (Å²) in [6.45, 7) is 12.4. The predicted molar refractivity (Wildman–Crippen MR) is 188 cm³/mol. The van der Waals surface area contributed by atoms with Crippen molar-refractivity contribution in [2.75, 3.05) is 39.3 Å². The van der Waals surface area contributed by atoms with Gasteiger partial charge in [0.2, 0.25) is 0 Å². The highest BCUT2D eigenvalue weighted by Crippen LogP contribution is 2.34. The highest BCUT2D eigenvalue weighted by Gasteiger charge is 2.34. The van der Waals surface area contributed by atoms with Crippen molar-refractivity contribution >= 4 is 16.7 Å². The number of nitrogens with zero attached hydrogens (tertiary/aromatic N) is 3. The molecule has 262 valence electrons. The quantitative estimate of drug-likeness (QED) is 0.158. The third kappa shape index (κ3) is 8.73. The molecule has 0 radical (unpaired) electrons. The van der Waals surface area contributed by atoms with E-state index in [1.165, 1.54) is 34.4 Å². The molecule has 7 nitrogen and oxygen atoms in total. The predicted octanol–water partition coefficient (Wildman–Crippen LogP) is 6.96. The minimum Gasteiger partial charge on any atom is -0.406 e. The zero-order valence-corrected chi connectivity index (χ0v) is 28.6. The van der Waals surface area contributed by atoms with Crippen molar-refractivity contribution in [3.63, 3.8) is 0 Å². The first-order valence-corrected chi connectivity index (χ1v) is 17.5. The number of piperazine rings is 1. The number of unbranched alkanes of at least 4 members (excludes halogenated alkanes) is 1. The van der Waals surface area contributed by atoms with Crippen LogP contribution in [0.15, 0.2) is 66.9 Å². The second-order valence-corrected chi connectivity index (χ2v) is 13.9. The van der Waals surface area contributed by atoms with Crippen LogP contribution >= 0.6 is 0 Å². The van der Waals surface area contributed by atoms with Gasteiger partial charge in [-0.05, 0) is 105 Å². The molecule has 49 heavy (non-hydrogen) atoms. The summed E-state index contributed by atoms with van der Waals surface area (Å²) in [4.78, 5) is 18.0. The maximum Gasteiger partial charge on any atom is 0.573 e. The van der Waals surface area contributed by atoms with Gasteiger partial charge in [-0.3, -0.25) is 14.6 Å². The molecule has 0 atom stereocenters. The molecule has 0 aliphatic carbocycles. The number of nitrogens with two attached hydrogens (primary N) is 1. The van der Waals surface area contributed by atoms with Crippen LogP contribution in [0.25, 0.3) is 22.0 Å². The molecule has 2 aliphatic rings. The Morgan fingerprint density at radius 1 is 0.898 bits per heavy atom. The normalized spacial score (nSPS) is 17.4. The minimum absolute atomic E-state index is 0.143. The molecule has 2 saturated heterocycles. The molecular formula is C39H48F3N5O2. The summed E-state index contributed by atoms with van der Waals surface area (Å²) >= 11 is 0. The third-order valence-corrected chi connectivity index (χ3v) is 10.3. The zero-order valence-electron chi connectivity index (χ0n) is 28.6. The van der Waals surface area contributed by atoms with Crippen LogP contribution in [0.5, 0.6) is 5.75 Å². The minimum atomic E-state index is -4.74. The van der Waals surface area contributed by atoms with Crippen molar-refractivity contribution in [1.29, 1.82) is 0 Å². The molecule has 3 aromatic carbocycles. The zero-order chi connectivity index (χ0) is 34.6. The van der Waals surface area contributed by atoms with Crippen LogP contribution in [0.1, 0.15) is 54.4 Å². The first kappa shape index (κ1) is 35.1. The Morgan fingerprint density at radius 2 is 1.55 bits per heavy atom. The summed E-state index contributed by atoms with van der Waals surface area (Å²) in [5.74, 6) is -0.0996. The molecule has 0 unspecified atom stereocenters. The van der Waals surface area contributed by atoms with Crippen LogP contribution in [0, 0.1) is 13.8 Å². The number of hydrogen-bond acceptors (Lipinski definition) is 6. The monoisotopic (exact) mass is 675 g/mol. The highest BCUT2D eigenvalue weighted by molar-refractivity contribution is 5.96. The summed E-state index contributed by atoms with van der Waals surface area (Å²) in [5, 5.41) is 4.33. The molecule has 10 heteroatoms. The van der Waals surface area contributed by atoms with E-state index in [0.717, 1.165) is 93.8 Å². The number of fused-ring (bicyclic) bond motifs is 1. The number of alkyl halides is 3. The van der Waals surface area contributed by atoms with E-state index in [1.54, 1.807) is 12.1 Å². The van der Waals surface area contributed by atoms with Crippen molar-refractivity contribution in [2.45, 2.75) is 77.5 Å². The standard InChI is InChI=1S/C39H48F3N5O2/c1-28-6-5-7-29(2)34(28)26-46-22-20-45(21-23-46)25-30-9-14-36-33(24-30)35(31-10-12-32(13-11-31)49-39(40,41)42)27-47(36)19-4-3-8-37(48)38(43)15-17-44-18-16-38/h5-7,9-14,24,27,44H,3-4,8,15-23,25-26,43H2,1-2H3. The summed E-state index contributed by atoms with van der Waals surface area (Å²) in [6, 6.07) is 19.2. The van der Waals surface area contributed by atoms with E-state index in [-0.39, 0.29) is 11.5 Å². The lowest BCUT2D eigenvalue weighted by Crippen LogP contribution is -2.54. The number of ether oxygens (including phenoxy) is 1. The summed E-state index contributed by atoms with van der Waals surface area (Å²) in [7, 11) is 0. The molecule has 4 aromatic rings. The molecule has 0 spiro atoms. The maximum absolute atomic E-state index is 12.9. The lowest BCUT2D eigenvalue weighted by Gasteiger charge is -2.35. The fourth-order valence-electron chi connectivity index (χ4n) is 7.35. The second-order valence-electron chi connectivity index (χ2n) is 13.9. The summed E-state index contributed by atoms with van der Waals surface area (Å²) in [5.41, 5.74) is 13.9. The van der Waals surface area contributed by atoms with Gasteiger partial charge in [-0.15, -0.1) is 13.2 Å². The van der Waals surface area contributed by atoms with Crippen LogP contribution in [0.4, 0.5) is 13.2 Å². The topological polar surface area (TPSA) is 75.8 Å². The van der Waals surface area contributed by atoms with Crippen molar-refractivity contribution < 1.29 is 22.7 Å². The van der Waals surface area contributed by atoms with Gasteiger partial charge in [0, 0.05) is 74.9 Å². The van der Waals surface area contributed by atoms with Crippen LogP contribution < -0.4 is 15.8 Å². The van der Waals surface area contributed by atoms with Crippen molar-refractivity contribution in [1.82, 2.24) is 19.7 Å². The number of nitrogens with one attached hydrogen (secondary N) is 1. The second kappa shape index (κ2) is 15.0. The number of aryl methyl sites for hydroxylation is 3. The first-order valence-electron chi connectivity index (χ1n) is 17.5. The van der Waals surface area contributed by atoms with Gasteiger partial charge in [-0.1, -0.05) is 36.4 Å². The number of carbonyl (C=O) groups is 1. The van der Waals surface area contributed by atoms with Crippen LogP contribution in [0.2, 0.25) is 0 Å². The van der Waals surface area contributed by atoms with Gasteiger partial charge in [0.15, 0.2) is 5.78 Å². The molecule has 0 bridgehead atoms. The molecule has 1 aromatic heterocycles. The summed E-state index contributed by atoms with van der Waals surface area (Å²) < 4.78 is 44.8. The molecule has 2 fully saturated rings. The Kier molecular flexibility index (Phi) is 10.8. The Hall–Kier alpha value is -3.70. The molecule has 2 aliphatic heterocycles. The molecule has 0 saturated carbocycles. The number of carbonyl (C=O) groups excluding carboxylic acids is 1. The van der Waals surface area contributed by atoms with E-state index in [2.05, 4.69) is 80.9 Å². The number of hydrogen-bond donors (Lipinski definition) is 2. The van der Waals surface area contributed by atoms with Gasteiger partial charge in [-0.25, -0.2) is 0 Å². The van der Waals surface area contributed by atoms with E-state index >= 15 is 0 Å². The smallest absolute Gasteiger partial charge is 0.406 e. The fourth-order valence-corrected chi connectivity index (χ4v) is 7.35. The van der Waals surface area contributed by atoms with Gasteiger partial charge < -0.3 is 20.4 Å². The van der Waals surface area contributed by atoms with Crippen LogP contribution in [-0.4, -0.2) is 71.3 Å². The Labute approximate surface area is 287 Å². The average Bonchev–Trinajstić information content (AvgIpc) is 3.43. The SMILES string of the molecule is Cc1cccc(C)c1CN1CCN(Cc2ccc3c(c2)c(-c2ccc(OC(F)(F)F)cc2)cn3CCCCC(=O)C2(N)CCNCC2)CC1. The van der Waals surface area contributed by atoms with Gasteiger partial charge in [-0.2, -0.15) is 0 Å². The first-order chi connectivity index (χ1) is 23.5. The maximum atomic E-state index is 12.9. The number of piperidine rings is 1. The number of rotatable bonds is 12. The van der Waals surface area contributed by atoms with Crippen LogP contribution in [0.3, 0.4) is 0 Å². The van der Waals surface area contributed by atoms with Crippen molar-refractivity contribution in [3.8, 4) is 16.9 Å². The Balaban J connectivity index is 1.15. The highest BCUT2D eigenvalue weighted by atomic mass is 19.4. The van der Waals surface area contributed by atoms with Gasteiger partial charge in [0.1, 0.15) is 5.75 Å². The lowest BCUT2D eigenvalue weighted by molar-refractivity contribution is -0.274. The van der Waals surface area contributed by atoms with Crippen molar-refractivity contribution in [3.05, 3.63) is 89.1 Å². The van der Waals surface area contributed by atoms with Gasteiger partial charge in [0.05, 0.1) is 5.54 Å². The third-order valence-electron chi connectivity index (χ3n) is 10.3. The number of benzene rings is 3. The summed E-state index contributed by atoms with van der Waals surface area (Å²) in [6.07, 6.45) is 0.721. The number of ketones is 1. The number of Topliss-reactive ketones (excluding diaryl/α,β-unsaturated/α-hetero) is 1. The van der Waals surface area contributed by atoms with Crippen LogP contribution in [-0.2, 0) is 24.4 Å². The fraction of sp³-hybridized carbons (Fsp3) is 0.462. The number of halogens is 3. The van der Waals surface area contributed by atoms with E-state index in [0.29, 0.717) is 19.3 Å². The van der Waals surface area contributed by atoms with E-state index in [9.17, 15) is 18.0 Å². The molecule has 0 amide bonds. The van der Waals surface area contributed by atoms with E-state index in [4.69, 9.17) is 5.73 Å². The Bertz CT molecular complexity index is 1720. The largest absolute Gasteiger partial charge is 0.573 e. The van der Waals surface area contributed by atoms with E-state index < -0.39 is 11.9 Å². The average molecular weight is 676 g/mol. The van der Waals surface area contributed by atoms with Gasteiger partial charge >= 0.3 is 6.36 Å². The molecule has 3 heterocycles. The van der Waals surface area contributed by atoms with Gasteiger partial charge in [0.25, 0.3) is 0 Å². The Morgan fingerprint density at radius 3 is 2.20 bits per heavy atom. The number of aromatic nitrogens is 1. The van der Waals surface area contributed by atoms with E-state index in [1.807, 2.05) is 0 Å². The molecular weight excluding hydrogens is 627 g/mol. The molecule has 3 N–H and O–H groups in total.